The average Bonchev–Trinajstić information content (AvgIpc) is 3.43. The number of alkyl halides is 6. The van der Waals surface area contributed by atoms with Crippen LogP contribution in [-0.2, 0) is 15.2 Å². The third-order valence-corrected chi connectivity index (χ3v) is 6.30. The lowest BCUT2D eigenvalue weighted by Gasteiger charge is -2.23. The molecule has 5 N–H and O–H groups in total. The first-order chi connectivity index (χ1) is 21.1. The molecule has 1 unspecified atom stereocenters. The second-order valence-electron chi connectivity index (χ2n) is 9.77. The number of carbonyl (C=O) groups is 2. The number of aromatic amines is 1. The summed E-state index contributed by atoms with van der Waals surface area (Å²) in [4.78, 5) is 38.1. The van der Waals surface area contributed by atoms with Crippen molar-refractivity contribution in [2.75, 3.05) is 12.4 Å². The summed E-state index contributed by atoms with van der Waals surface area (Å²) in [5.74, 6) is -4.21. The Balaban J connectivity index is 0.000000440. The van der Waals surface area contributed by atoms with Gasteiger partial charge in [0, 0.05) is 27.9 Å². The van der Waals surface area contributed by atoms with Crippen LogP contribution in [0, 0.1) is 6.92 Å². The number of ether oxygens (including phenoxy) is 1. The number of halogens is 7. The molecule has 0 amide bonds. The summed E-state index contributed by atoms with van der Waals surface area (Å²) in [6.45, 7) is 7.36. The summed E-state index contributed by atoms with van der Waals surface area (Å²) in [7, 11) is 1.64. The van der Waals surface area contributed by atoms with Crippen LogP contribution < -0.4 is 10.1 Å². The fourth-order valence-electron chi connectivity index (χ4n) is 3.69. The first kappa shape index (κ1) is 37.5. The first-order valence-corrected chi connectivity index (χ1v) is 13.0. The molecule has 4 aromatic rings. The second-order valence-corrected chi connectivity index (χ2v) is 10.2. The van der Waals surface area contributed by atoms with E-state index in [1.54, 1.807) is 33.5 Å². The van der Waals surface area contributed by atoms with E-state index in [9.17, 15) is 31.4 Å². The van der Waals surface area contributed by atoms with Crippen LogP contribution in [0.4, 0.5) is 32.2 Å². The quantitative estimate of drug-likeness (QED) is 0.149. The maximum Gasteiger partial charge on any atom is 0.490 e. The molecule has 12 nitrogen and oxygen atoms in total. The lowest BCUT2D eigenvalue weighted by atomic mass is 9.94. The van der Waals surface area contributed by atoms with Crippen LogP contribution in [0.1, 0.15) is 43.6 Å². The maximum atomic E-state index is 10.6. The number of fused-ring (bicyclic) bond motifs is 1. The molecule has 0 spiro atoms. The largest absolute Gasteiger partial charge is 0.496 e. The van der Waals surface area contributed by atoms with Gasteiger partial charge < -0.3 is 30.4 Å². The zero-order valence-corrected chi connectivity index (χ0v) is 25.3. The van der Waals surface area contributed by atoms with Crippen molar-refractivity contribution in [1.82, 2.24) is 24.9 Å². The Morgan fingerprint density at radius 2 is 1.57 bits per heavy atom. The third kappa shape index (κ3) is 9.64. The Hall–Kier alpha value is -4.71. The fraction of sp³-hybridized carbons (Fsp3) is 0.333. The molecule has 0 aliphatic rings. The minimum atomic E-state index is -5.08. The highest BCUT2D eigenvalue weighted by atomic mass is 35.5. The van der Waals surface area contributed by atoms with E-state index < -0.39 is 29.9 Å². The third-order valence-electron chi connectivity index (χ3n) is 5.91. The molecule has 0 radical (unpaired) electrons. The van der Waals surface area contributed by atoms with Gasteiger partial charge in [0.25, 0.3) is 0 Å². The Bertz CT molecular complexity index is 1650. The summed E-state index contributed by atoms with van der Waals surface area (Å²) in [6.07, 6.45) is -5.37. The molecule has 4 rings (SSSR count). The number of pyridine rings is 1. The lowest BCUT2D eigenvalue weighted by molar-refractivity contribution is -0.193. The van der Waals surface area contributed by atoms with Crippen LogP contribution >= 0.6 is 11.6 Å². The maximum absolute atomic E-state index is 10.6. The van der Waals surface area contributed by atoms with Gasteiger partial charge in [-0.3, -0.25) is 4.98 Å². The van der Waals surface area contributed by atoms with Gasteiger partial charge in [-0.15, -0.1) is 0 Å². The van der Waals surface area contributed by atoms with Crippen LogP contribution in [0.5, 0.6) is 5.75 Å². The van der Waals surface area contributed by atoms with Crippen molar-refractivity contribution in [2.24, 2.45) is 0 Å². The molecule has 0 saturated heterocycles. The van der Waals surface area contributed by atoms with E-state index in [1.807, 2.05) is 32.0 Å². The van der Waals surface area contributed by atoms with Crippen LogP contribution in [-0.4, -0.2) is 71.6 Å². The number of hydrogen-bond acceptors (Lipinski definition) is 9. The van der Waals surface area contributed by atoms with E-state index in [0.29, 0.717) is 33.4 Å². The van der Waals surface area contributed by atoms with Gasteiger partial charge >= 0.3 is 24.3 Å². The van der Waals surface area contributed by atoms with Gasteiger partial charge in [0.05, 0.1) is 25.2 Å². The molecule has 3 aromatic heterocycles. The summed E-state index contributed by atoms with van der Waals surface area (Å²) in [5, 5.41) is 28.5. The summed E-state index contributed by atoms with van der Waals surface area (Å²) in [6, 6.07) is 5.44. The zero-order valence-electron chi connectivity index (χ0n) is 24.5. The molecule has 3 heterocycles. The number of carboxylic acids is 2. The molecule has 0 aliphatic carbocycles. The highest BCUT2D eigenvalue weighted by Crippen LogP contribution is 2.43. The minimum absolute atomic E-state index is 0.194. The predicted octanol–water partition coefficient (Wildman–Crippen LogP) is 6.05. The molecular weight excluding hydrogens is 654 g/mol. The van der Waals surface area contributed by atoms with Crippen LogP contribution in [0.2, 0.25) is 5.02 Å². The van der Waals surface area contributed by atoms with Gasteiger partial charge in [0.15, 0.2) is 11.5 Å². The Morgan fingerprint density at radius 1 is 1.00 bits per heavy atom. The summed E-state index contributed by atoms with van der Waals surface area (Å²) >= 11 is 6.64. The number of aliphatic carboxylic acids is 2. The summed E-state index contributed by atoms with van der Waals surface area (Å²) < 4.78 is 69.3. The van der Waals surface area contributed by atoms with Crippen molar-refractivity contribution in [3.63, 3.8) is 0 Å². The number of aliphatic hydroxyl groups is 1. The summed E-state index contributed by atoms with van der Waals surface area (Å²) in [5.41, 5.74) is 4.32. The van der Waals surface area contributed by atoms with E-state index >= 15 is 0 Å². The number of hydrogen-bond donors (Lipinski definition) is 5. The second kappa shape index (κ2) is 14.6. The topological polar surface area (TPSA) is 183 Å². The first-order valence-electron chi connectivity index (χ1n) is 12.7. The number of benzene rings is 1. The van der Waals surface area contributed by atoms with Crippen LogP contribution in [0.3, 0.4) is 0 Å². The lowest BCUT2D eigenvalue weighted by Crippen LogP contribution is -2.21. The number of nitrogens with one attached hydrogen (secondary N) is 2. The van der Waals surface area contributed by atoms with E-state index in [2.05, 4.69) is 30.2 Å². The van der Waals surface area contributed by atoms with Gasteiger partial charge in [-0.1, -0.05) is 17.7 Å². The molecule has 0 bridgehead atoms. The number of rotatable bonds is 6. The number of imidazole rings is 1. The highest BCUT2D eigenvalue weighted by Gasteiger charge is 2.39. The highest BCUT2D eigenvalue weighted by molar-refractivity contribution is 6.32. The normalized spacial score (nSPS) is 12.3. The van der Waals surface area contributed by atoms with Crippen molar-refractivity contribution in [2.45, 2.75) is 51.7 Å². The van der Waals surface area contributed by atoms with E-state index in [-0.39, 0.29) is 6.04 Å². The van der Waals surface area contributed by atoms with Crippen molar-refractivity contribution in [3.05, 3.63) is 58.9 Å². The van der Waals surface area contributed by atoms with Crippen molar-refractivity contribution < 1.29 is 56.0 Å². The molecule has 0 aliphatic heterocycles. The van der Waals surface area contributed by atoms with E-state index in [1.165, 1.54) is 6.33 Å². The van der Waals surface area contributed by atoms with Crippen molar-refractivity contribution in [3.8, 4) is 16.9 Å². The van der Waals surface area contributed by atoms with Gasteiger partial charge in [-0.2, -0.15) is 26.3 Å². The van der Waals surface area contributed by atoms with Crippen LogP contribution in [0.15, 0.2) is 37.1 Å². The molecule has 250 valence electrons. The Morgan fingerprint density at radius 3 is 2.02 bits per heavy atom. The van der Waals surface area contributed by atoms with Gasteiger partial charge in [0.1, 0.15) is 23.2 Å². The Kier molecular flexibility index (Phi) is 11.9. The fourth-order valence-corrected chi connectivity index (χ4v) is 3.90. The van der Waals surface area contributed by atoms with E-state index in [0.717, 1.165) is 22.3 Å². The van der Waals surface area contributed by atoms with Crippen LogP contribution in [0.25, 0.3) is 22.3 Å². The molecule has 1 aromatic carbocycles. The molecule has 19 heteroatoms. The number of aromatic nitrogens is 5. The number of anilines is 1. The van der Waals surface area contributed by atoms with Crippen molar-refractivity contribution >= 4 is 40.5 Å². The number of nitrogens with zero attached hydrogens (tertiary/aromatic N) is 4. The zero-order chi connectivity index (χ0) is 35.2. The molecule has 0 saturated carbocycles. The predicted molar refractivity (Wildman–Crippen MR) is 152 cm³/mol. The smallest absolute Gasteiger partial charge is 0.490 e. The van der Waals surface area contributed by atoms with Gasteiger partial charge in [-0.25, -0.2) is 24.5 Å². The standard InChI is InChI=1S/C23H25ClN6O2.2C2HF3O2/c1-12-16(24)8-15(13(2)30-22-19-21(27-10-26-19)28-11-29-22)20(32-5)18(12)14-6-7-17(25-9-14)23(3,4)31;2*3-2(4,5)1(6)7/h6-11,13,31H,1-5H3,(H2,26,27,28,29,30);2*(H,6,7). The number of H-pyrrole nitrogens is 1. The number of carboxylic acid groups (broad SMARTS) is 2. The molecule has 0 fully saturated rings. The molecular formula is C27H27ClF6N6O6. The molecule has 1 atom stereocenters. The minimum Gasteiger partial charge on any atom is -0.496 e. The van der Waals surface area contributed by atoms with Gasteiger partial charge in [0.2, 0.25) is 0 Å². The van der Waals surface area contributed by atoms with E-state index in [4.69, 9.17) is 36.1 Å². The average molecular weight is 681 g/mol. The Labute approximate surface area is 261 Å². The molecule has 46 heavy (non-hydrogen) atoms. The number of methoxy groups -OCH3 is 1. The van der Waals surface area contributed by atoms with Crippen molar-refractivity contribution in [1.29, 1.82) is 0 Å². The SMILES string of the molecule is COc1c(C(C)Nc2ncnc3[nH]cnc23)cc(Cl)c(C)c1-c1ccc(C(C)(C)O)nc1.O=C(O)C(F)(F)F.O=C(O)C(F)(F)F. The monoisotopic (exact) mass is 680 g/mol. The van der Waals surface area contributed by atoms with Gasteiger partial charge in [-0.05, 0) is 45.4 Å².